The van der Waals surface area contributed by atoms with Crippen LogP contribution in [0, 0.1) is 0 Å². The molecule has 0 aliphatic carbocycles. The lowest BCUT2D eigenvalue weighted by molar-refractivity contribution is -0.143. The molecule has 2 rings (SSSR count). The molecule has 1 fully saturated rings. The quantitative estimate of drug-likeness (QED) is 0.426. The lowest BCUT2D eigenvalue weighted by atomic mass is 10.1. The Morgan fingerprint density at radius 2 is 2.12 bits per heavy atom. The Morgan fingerprint density at radius 3 is 2.69 bits per heavy atom. The number of nitrogens with zero attached hydrogens (tertiary/aromatic N) is 3. The van der Waals surface area contributed by atoms with Gasteiger partial charge in [-0.05, 0) is 50.4 Å². The predicted octanol–water partition coefficient (Wildman–Crippen LogP) is 2.77. The van der Waals surface area contributed by atoms with Crippen molar-refractivity contribution in [2.75, 3.05) is 51.7 Å². The van der Waals surface area contributed by atoms with Crippen molar-refractivity contribution in [3.63, 3.8) is 0 Å². The van der Waals surface area contributed by atoms with Crippen molar-refractivity contribution in [3.8, 4) is 0 Å². The first-order chi connectivity index (χ1) is 12.4. The predicted molar refractivity (Wildman–Crippen MR) is 102 cm³/mol. The van der Waals surface area contributed by atoms with E-state index in [0.717, 1.165) is 31.9 Å². The zero-order valence-electron chi connectivity index (χ0n) is 15.4. The standard InChI is InChI=1S/C17H28F3N5S/c1-21-16(22-8-4-9-24(2)13-17(18,19)20)23-14-6-10-25(11-7-14)15-5-3-12-26-15/h3,5,12,14H,4,6-11,13H2,1-2H3,(H2,21,22,23). The van der Waals surface area contributed by atoms with E-state index in [4.69, 9.17) is 0 Å². The molecule has 0 saturated carbocycles. The van der Waals surface area contributed by atoms with E-state index >= 15 is 0 Å². The minimum atomic E-state index is -4.14. The molecule has 0 aromatic carbocycles. The molecule has 2 heterocycles. The number of guanidine groups is 1. The van der Waals surface area contributed by atoms with Crippen molar-refractivity contribution in [1.82, 2.24) is 15.5 Å². The molecule has 1 aliphatic heterocycles. The third kappa shape index (κ3) is 7.41. The Bertz CT molecular complexity index is 539. The molecule has 1 aromatic heterocycles. The molecule has 148 valence electrons. The summed E-state index contributed by atoms with van der Waals surface area (Å²) < 4.78 is 36.9. The molecule has 1 saturated heterocycles. The maximum Gasteiger partial charge on any atom is 0.401 e. The van der Waals surface area contributed by atoms with Crippen LogP contribution in [0.25, 0.3) is 0 Å². The first-order valence-electron chi connectivity index (χ1n) is 8.88. The van der Waals surface area contributed by atoms with Gasteiger partial charge in [0.05, 0.1) is 11.5 Å². The van der Waals surface area contributed by atoms with Crippen LogP contribution in [0.1, 0.15) is 19.3 Å². The van der Waals surface area contributed by atoms with Gasteiger partial charge in [0.25, 0.3) is 0 Å². The van der Waals surface area contributed by atoms with Gasteiger partial charge in [0.15, 0.2) is 5.96 Å². The van der Waals surface area contributed by atoms with Crippen molar-refractivity contribution >= 4 is 22.3 Å². The summed E-state index contributed by atoms with van der Waals surface area (Å²) in [5, 5.41) is 10.0. The Balaban J connectivity index is 1.62. The number of nitrogens with one attached hydrogen (secondary N) is 2. The minimum absolute atomic E-state index is 0.366. The Hall–Kier alpha value is -1.48. The molecule has 0 unspecified atom stereocenters. The van der Waals surface area contributed by atoms with Crippen LogP contribution in [0.4, 0.5) is 18.2 Å². The van der Waals surface area contributed by atoms with E-state index in [2.05, 4.69) is 38.0 Å². The van der Waals surface area contributed by atoms with Gasteiger partial charge in [-0.2, -0.15) is 13.2 Å². The third-order valence-electron chi connectivity index (χ3n) is 4.34. The summed E-state index contributed by atoms with van der Waals surface area (Å²) in [7, 11) is 3.20. The molecule has 26 heavy (non-hydrogen) atoms. The molecule has 1 aliphatic rings. The van der Waals surface area contributed by atoms with Crippen LogP contribution in [-0.2, 0) is 0 Å². The zero-order chi connectivity index (χ0) is 19.0. The molecule has 9 heteroatoms. The number of rotatable bonds is 7. The monoisotopic (exact) mass is 391 g/mol. The highest BCUT2D eigenvalue weighted by molar-refractivity contribution is 7.14. The summed E-state index contributed by atoms with van der Waals surface area (Å²) in [5.41, 5.74) is 0. The molecule has 0 radical (unpaired) electrons. The molecular weight excluding hydrogens is 363 g/mol. The van der Waals surface area contributed by atoms with Crippen LogP contribution in [0.2, 0.25) is 0 Å². The molecule has 0 spiro atoms. The number of alkyl halides is 3. The Labute approximate surface area is 157 Å². The molecule has 0 atom stereocenters. The van der Waals surface area contributed by atoms with E-state index in [-0.39, 0.29) is 0 Å². The van der Waals surface area contributed by atoms with Gasteiger partial charge in [-0.15, -0.1) is 11.3 Å². The molecule has 0 amide bonds. The average Bonchev–Trinajstić information content (AvgIpc) is 3.11. The molecule has 2 N–H and O–H groups in total. The van der Waals surface area contributed by atoms with Crippen LogP contribution in [0.3, 0.4) is 0 Å². The van der Waals surface area contributed by atoms with Gasteiger partial charge in [0.1, 0.15) is 0 Å². The van der Waals surface area contributed by atoms with E-state index < -0.39 is 12.7 Å². The second-order valence-electron chi connectivity index (χ2n) is 6.56. The van der Waals surface area contributed by atoms with Crippen LogP contribution in [-0.4, -0.2) is 69.9 Å². The first kappa shape index (κ1) is 20.8. The summed E-state index contributed by atoms with van der Waals surface area (Å²) in [6.45, 7) is 2.14. The number of anilines is 1. The van der Waals surface area contributed by atoms with E-state index in [9.17, 15) is 13.2 Å². The average molecular weight is 392 g/mol. The summed E-state index contributed by atoms with van der Waals surface area (Å²) in [6.07, 6.45) is -1.44. The largest absolute Gasteiger partial charge is 0.401 e. The number of aliphatic imine (C=N–C) groups is 1. The summed E-state index contributed by atoms with van der Waals surface area (Å²) in [5.74, 6) is 0.720. The SMILES string of the molecule is CN=C(NCCCN(C)CC(F)(F)F)NC1CCN(c2cccs2)CC1. The van der Waals surface area contributed by atoms with Crippen LogP contribution >= 0.6 is 11.3 Å². The summed E-state index contributed by atoms with van der Waals surface area (Å²) >= 11 is 1.76. The van der Waals surface area contributed by atoms with Gasteiger partial charge < -0.3 is 15.5 Å². The fraction of sp³-hybridized carbons (Fsp3) is 0.706. The number of piperidine rings is 1. The number of halogens is 3. The van der Waals surface area contributed by atoms with Crippen molar-refractivity contribution < 1.29 is 13.2 Å². The third-order valence-corrected chi connectivity index (χ3v) is 5.26. The maximum absolute atomic E-state index is 12.3. The normalized spacial score (nSPS) is 17.0. The highest BCUT2D eigenvalue weighted by Crippen LogP contribution is 2.24. The van der Waals surface area contributed by atoms with Crippen molar-refractivity contribution in [1.29, 1.82) is 0 Å². The van der Waals surface area contributed by atoms with Crippen molar-refractivity contribution in [3.05, 3.63) is 17.5 Å². The Morgan fingerprint density at radius 1 is 1.38 bits per heavy atom. The van der Waals surface area contributed by atoms with Crippen LogP contribution < -0.4 is 15.5 Å². The van der Waals surface area contributed by atoms with E-state index in [1.165, 1.54) is 16.9 Å². The molecule has 5 nitrogen and oxygen atoms in total. The van der Waals surface area contributed by atoms with Crippen molar-refractivity contribution in [2.45, 2.75) is 31.5 Å². The fourth-order valence-electron chi connectivity index (χ4n) is 3.02. The van der Waals surface area contributed by atoms with Crippen LogP contribution in [0.15, 0.2) is 22.5 Å². The van der Waals surface area contributed by atoms with E-state index in [0.29, 0.717) is 25.6 Å². The topological polar surface area (TPSA) is 42.9 Å². The van der Waals surface area contributed by atoms with Gasteiger partial charge >= 0.3 is 6.18 Å². The first-order valence-corrected chi connectivity index (χ1v) is 9.76. The fourth-order valence-corrected chi connectivity index (χ4v) is 3.81. The van der Waals surface area contributed by atoms with E-state index in [1.807, 2.05) is 0 Å². The second-order valence-corrected chi connectivity index (χ2v) is 7.49. The van der Waals surface area contributed by atoms with Gasteiger partial charge in [-0.3, -0.25) is 9.89 Å². The zero-order valence-corrected chi connectivity index (χ0v) is 16.2. The highest BCUT2D eigenvalue weighted by atomic mass is 32.1. The molecule has 0 bridgehead atoms. The number of hydrogen-bond donors (Lipinski definition) is 2. The van der Waals surface area contributed by atoms with E-state index in [1.54, 1.807) is 18.4 Å². The summed E-state index contributed by atoms with van der Waals surface area (Å²) in [6, 6.07) is 4.59. The van der Waals surface area contributed by atoms with Gasteiger partial charge in [-0.25, -0.2) is 0 Å². The summed E-state index contributed by atoms with van der Waals surface area (Å²) in [4.78, 5) is 7.90. The smallest absolute Gasteiger partial charge is 0.363 e. The van der Waals surface area contributed by atoms with Gasteiger partial charge in [-0.1, -0.05) is 0 Å². The van der Waals surface area contributed by atoms with Gasteiger partial charge in [0, 0.05) is 32.7 Å². The molecule has 1 aromatic rings. The minimum Gasteiger partial charge on any atom is -0.363 e. The van der Waals surface area contributed by atoms with Crippen molar-refractivity contribution in [2.24, 2.45) is 4.99 Å². The second kappa shape index (κ2) is 10.0. The number of thiophene rings is 1. The lowest BCUT2D eigenvalue weighted by Gasteiger charge is -2.33. The highest BCUT2D eigenvalue weighted by Gasteiger charge is 2.28. The number of hydrogen-bond acceptors (Lipinski definition) is 4. The maximum atomic E-state index is 12.3. The van der Waals surface area contributed by atoms with Crippen LogP contribution in [0.5, 0.6) is 0 Å². The lowest BCUT2D eigenvalue weighted by Crippen LogP contribution is -2.49. The Kier molecular flexibility index (Phi) is 8.02. The molecular formula is C17H28F3N5S. The van der Waals surface area contributed by atoms with Gasteiger partial charge in [0.2, 0.25) is 0 Å².